The van der Waals surface area contributed by atoms with Crippen LogP contribution in [0, 0.1) is 17.8 Å². The van der Waals surface area contributed by atoms with Crippen molar-refractivity contribution in [1.82, 2.24) is 15.0 Å². The molecule has 7 nitrogen and oxygen atoms in total. The molecule has 2 fully saturated rings. The number of sulfone groups is 1. The van der Waals surface area contributed by atoms with E-state index in [4.69, 9.17) is 4.74 Å². The summed E-state index contributed by atoms with van der Waals surface area (Å²) >= 11 is 0. The SMILES string of the molecule is CCc1cnc(N2CC3[C@@H](COc4ccc(-c5ccc(S(C)(=O)=O)nc5)cc4)[C@@H]3C2)nc1. The van der Waals surface area contributed by atoms with Crippen LogP contribution in [0.25, 0.3) is 11.1 Å². The number of aryl methyl sites for hydroxylation is 1. The number of benzene rings is 1. The fraction of sp³-hybridized carbons (Fsp3) is 0.375. The molecule has 1 saturated carbocycles. The molecule has 5 rings (SSSR count). The molecule has 32 heavy (non-hydrogen) atoms. The first-order chi connectivity index (χ1) is 15.4. The number of aromatic nitrogens is 3. The van der Waals surface area contributed by atoms with Crippen molar-refractivity contribution < 1.29 is 13.2 Å². The number of anilines is 1. The summed E-state index contributed by atoms with van der Waals surface area (Å²) in [6.45, 7) is 4.83. The smallest absolute Gasteiger partial charge is 0.225 e. The Hall–Kier alpha value is -3.00. The third-order valence-corrected chi connectivity index (χ3v) is 7.50. The predicted molar refractivity (Wildman–Crippen MR) is 122 cm³/mol. The van der Waals surface area contributed by atoms with Gasteiger partial charge in [0.25, 0.3) is 0 Å². The Balaban J connectivity index is 1.13. The van der Waals surface area contributed by atoms with Gasteiger partial charge < -0.3 is 9.64 Å². The third-order valence-electron chi connectivity index (χ3n) is 6.50. The van der Waals surface area contributed by atoms with Crippen LogP contribution in [-0.4, -0.2) is 49.3 Å². The van der Waals surface area contributed by atoms with Crippen molar-refractivity contribution in [2.75, 3.05) is 30.9 Å². The number of hydrogen-bond acceptors (Lipinski definition) is 7. The Morgan fingerprint density at radius 3 is 2.16 bits per heavy atom. The van der Waals surface area contributed by atoms with Crippen molar-refractivity contribution in [3.8, 4) is 16.9 Å². The molecular weight excluding hydrogens is 424 g/mol. The normalized spacial score (nSPS) is 21.9. The van der Waals surface area contributed by atoms with Crippen LogP contribution >= 0.6 is 0 Å². The Morgan fingerprint density at radius 1 is 0.938 bits per heavy atom. The summed E-state index contributed by atoms with van der Waals surface area (Å²) in [5.74, 6) is 3.58. The molecule has 1 aliphatic heterocycles. The second kappa shape index (κ2) is 8.16. The van der Waals surface area contributed by atoms with Crippen molar-refractivity contribution in [3.63, 3.8) is 0 Å². The van der Waals surface area contributed by atoms with E-state index in [-0.39, 0.29) is 5.03 Å². The van der Waals surface area contributed by atoms with Crippen molar-refractivity contribution in [2.24, 2.45) is 17.8 Å². The van der Waals surface area contributed by atoms with Crippen LogP contribution in [0.2, 0.25) is 0 Å². The van der Waals surface area contributed by atoms with Crippen LogP contribution in [0.3, 0.4) is 0 Å². The van der Waals surface area contributed by atoms with Gasteiger partial charge in [0.15, 0.2) is 14.9 Å². The van der Waals surface area contributed by atoms with Crippen LogP contribution in [0.4, 0.5) is 5.95 Å². The van der Waals surface area contributed by atoms with E-state index in [0.29, 0.717) is 17.8 Å². The number of pyridine rings is 1. The van der Waals surface area contributed by atoms with Gasteiger partial charge in [-0.1, -0.05) is 19.1 Å². The molecule has 1 aromatic carbocycles. The van der Waals surface area contributed by atoms with Crippen LogP contribution in [0.15, 0.2) is 60.0 Å². The summed E-state index contributed by atoms with van der Waals surface area (Å²) in [7, 11) is -3.29. The largest absolute Gasteiger partial charge is 0.493 e. The van der Waals surface area contributed by atoms with E-state index in [9.17, 15) is 8.42 Å². The highest BCUT2D eigenvalue weighted by molar-refractivity contribution is 7.90. The Morgan fingerprint density at radius 2 is 1.59 bits per heavy atom. The monoisotopic (exact) mass is 450 g/mol. The van der Waals surface area contributed by atoms with Gasteiger partial charge >= 0.3 is 0 Å². The van der Waals surface area contributed by atoms with E-state index in [2.05, 4.69) is 26.8 Å². The molecule has 3 heterocycles. The molecule has 1 aliphatic carbocycles. The van der Waals surface area contributed by atoms with E-state index < -0.39 is 9.84 Å². The van der Waals surface area contributed by atoms with Crippen LogP contribution in [0.5, 0.6) is 5.75 Å². The minimum atomic E-state index is -3.29. The quantitative estimate of drug-likeness (QED) is 0.546. The first-order valence-corrected chi connectivity index (χ1v) is 12.8. The molecular formula is C24H26N4O3S. The van der Waals surface area contributed by atoms with Gasteiger partial charge in [0, 0.05) is 49.4 Å². The summed E-state index contributed by atoms with van der Waals surface area (Å²) in [6, 6.07) is 11.2. The summed E-state index contributed by atoms with van der Waals surface area (Å²) in [5, 5.41) is 0.0827. The summed E-state index contributed by atoms with van der Waals surface area (Å²) < 4.78 is 29.2. The molecule has 0 amide bonds. The number of fused-ring (bicyclic) bond motifs is 1. The summed E-state index contributed by atoms with van der Waals surface area (Å²) in [4.78, 5) is 15.3. The number of rotatable bonds is 7. The number of ether oxygens (including phenoxy) is 1. The lowest BCUT2D eigenvalue weighted by atomic mass is 10.1. The highest BCUT2D eigenvalue weighted by Crippen LogP contribution is 2.52. The number of piperidine rings is 1. The molecule has 3 atom stereocenters. The van der Waals surface area contributed by atoms with Gasteiger partial charge in [-0.25, -0.2) is 23.4 Å². The molecule has 8 heteroatoms. The zero-order chi connectivity index (χ0) is 22.3. The topological polar surface area (TPSA) is 85.3 Å². The molecule has 1 unspecified atom stereocenters. The molecule has 0 N–H and O–H groups in total. The van der Waals surface area contributed by atoms with Crippen LogP contribution in [-0.2, 0) is 16.3 Å². The highest BCUT2D eigenvalue weighted by atomic mass is 32.2. The average Bonchev–Trinajstić information content (AvgIpc) is 3.26. The predicted octanol–water partition coefficient (Wildman–Crippen LogP) is 3.27. The first kappa shape index (κ1) is 20.9. The highest BCUT2D eigenvalue weighted by Gasteiger charge is 2.56. The van der Waals surface area contributed by atoms with Crippen LogP contribution in [0.1, 0.15) is 12.5 Å². The zero-order valence-electron chi connectivity index (χ0n) is 18.2. The van der Waals surface area contributed by atoms with Gasteiger partial charge in [-0.2, -0.15) is 0 Å². The molecule has 166 valence electrons. The van der Waals surface area contributed by atoms with E-state index in [1.54, 1.807) is 12.3 Å². The lowest BCUT2D eigenvalue weighted by molar-refractivity contribution is 0.283. The maximum atomic E-state index is 11.6. The number of nitrogens with zero attached hydrogens (tertiary/aromatic N) is 4. The summed E-state index contributed by atoms with van der Waals surface area (Å²) in [6.07, 6.45) is 7.55. The van der Waals surface area contributed by atoms with E-state index in [0.717, 1.165) is 60.8 Å². The lowest BCUT2D eigenvalue weighted by Gasteiger charge is -2.19. The minimum Gasteiger partial charge on any atom is -0.493 e. The zero-order valence-corrected chi connectivity index (χ0v) is 19.0. The standard InChI is InChI=1S/C24H26N4O3S/c1-3-16-10-26-24(27-11-16)28-13-20-21(14-28)22(20)15-31-19-7-4-17(5-8-19)18-6-9-23(25-12-18)32(2,29)30/h4-12,20-22H,3,13-15H2,1-2H3/t20-,21?,22+/m1/s1. The molecule has 0 spiro atoms. The maximum absolute atomic E-state index is 11.6. The van der Waals surface area contributed by atoms with Gasteiger partial charge in [-0.3, -0.25) is 0 Å². The first-order valence-electron chi connectivity index (χ1n) is 10.9. The Bertz CT molecular complexity index is 1180. The number of hydrogen-bond donors (Lipinski definition) is 0. The summed E-state index contributed by atoms with van der Waals surface area (Å²) in [5.41, 5.74) is 3.01. The van der Waals surface area contributed by atoms with Gasteiger partial charge in [0.1, 0.15) is 5.75 Å². The van der Waals surface area contributed by atoms with E-state index in [1.807, 2.05) is 36.7 Å². The molecule has 2 aliphatic rings. The Labute approximate surface area is 188 Å². The van der Waals surface area contributed by atoms with Gasteiger partial charge in [-0.15, -0.1) is 0 Å². The molecule has 1 saturated heterocycles. The fourth-order valence-electron chi connectivity index (χ4n) is 4.46. The third kappa shape index (κ3) is 4.19. The maximum Gasteiger partial charge on any atom is 0.225 e. The van der Waals surface area contributed by atoms with Crippen LogP contribution < -0.4 is 9.64 Å². The van der Waals surface area contributed by atoms with E-state index >= 15 is 0 Å². The Kier molecular flexibility index (Phi) is 5.33. The van der Waals surface area contributed by atoms with Crippen molar-refractivity contribution >= 4 is 15.8 Å². The lowest BCUT2D eigenvalue weighted by Crippen LogP contribution is -2.27. The van der Waals surface area contributed by atoms with Gasteiger partial charge in [0.2, 0.25) is 5.95 Å². The average molecular weight is 451 g/mol. The van der Waals surface area contributed by atoms with Crippen molar-refractivity contribution in [3.05, 3.63) is 60.6 Å². The van der Waals surface area contributed by atoms with E-state index in [1.165, 1.54) is 6.07 Å². The molecule has 0 radical (unpaired) electrons. The van der Waals surface area contributed by atoms with Crippen molar-refractivity contribution in [1.29, 1.82) is 0 Å². The van der Waals surface area contributed by atoms with Gasteiger partial charge in [-0.05, 0) is 53.6 Å². The molecule has 0 bridgehead atoms. The second-order valence-electron chi connectivity index (χ2n) is 8.63. The van der Waals surface area contributed by atoms with Gasteiger partial charge in [0.05, 0.1) is 6.61 Å². The molecule has 2 aromatic heterocycles. The second-order valence-corrected chi connectivity index (χ2v) is 10.6. The fourth-order valence-corrected chi connectivity index (χ4v) is 5.02. The van der Waals surface area contributed by atoms with Crippen molar-refractivity contribution in [2.45, 2.75) is 18.4 Å². The molecule has 3 aromatic rings. The minimum absolute atomic E-state index is 0.0827.